The van der Waals surface area contributed by atoms with Crippen molar-refractivity contribution in [2.45, 2.75) is 44.3 Å². The highest BCUT2D eigenvalue weighted by molar-refractivity contribution is 8.03. The number of aliphatic carboxylic acids is 1. The molecule has 128 valence electrons. The second-order valence-electron chi connectivity index (χ2n) is 6.64. The first-order valence-corrected chi connectivity index (χ1v) is 8.83. The number of amides is 1. The molecule has 0 radical (unpaired) electrons. The summed E-state index contributed by atoms with van der Waals surface area (Å²) in [6.45, 7) is 5.05. The number of carboxylic acids is 1. The maximum Gasteiger partial charge on any atom is 0.353 e. The summed E-state index contributed by atoms with van der Waals surface area (Å²) >= 11 is 1.54. The first-order chi connectivity index (χ1) is 11.4. The molecular formula is C15H19N4O4S+. The fourth-order valence-electron chi connectivity index (χ4n) is 4.03. The van der Waals surface area contributed by atoms with Crippen molar-refractivity contribution in [1.82, 2.24) is 14.6 Å². The Morgan fingerprint density at radius 1 is 1.54 bits per heavy atom. The minimum Gasteiger partial charge on any atom is -0.477 e. The quantitative estimate of drug-likeness (QED) is 0.557. The average molecular weight is 351 g/mol. The van der Waals surface area contributed by atoms with E-state index in [1.807, 2.05) is 16.3 Å². The number of carbonyl (C=O) groups is 2. The van der Waals surface area contributed by atoms with Crippen molar-refractivity contribution in [2.24, 2.45) is 11.8 Å². The van der Waals surface area contributed by atoms with E-state index in [0.29, 0.717) is 0 Å². The fraction of sp³-hybridized carbons (Fsp3) is 0.600. The molecule has 0 spiro atoms. The van der Waals surface area contributed by atoms with Crippen LogP contribution in [-0.4, -0.2) is 54.1 Å². The molecule has 2 N–H and O–H groups in total. The third-order valence-corrected chi connectivity index (χ3v) is 6.57. The Hall–Kier alpha value is -1.87. The highest BCUT2D eigenvalue weighted by Gasteiger charge is 2.60. The molecule has 1 aromatic heterocycles. The first kappa shape index (κ1) is 15.6. The van der Waals surface area contributed by atoms with Crippen LogP contribution in [0.15, 0.2) is 23.3 Å². The van der Waals surface area contributed by atoms with Crippen molar-refractivity contribution in [3.05, 3.63) is 23.3 Å². The zero-order valence-corrected chi connectivity index (χ0v) is 14.2. The van der Waals surface area contributed by atoms with Gasteiger partial charge in [-0.15, -0.1) is 11.8 Å². The number of aromatic nitrogens is 3. The van der Waals surface area contributed by atoms with Crippen LogP contribution < -0.4 is 4.68 Å². The van der Waals surface area contributed by atoms with Crippen LogP contribution in [0.1, 0.15) is 13.8 Å². The van der Waals surface area contributed by atoms with E-state index < -0.39 is 18.0 Å². The summed E-state index contributed by atoms with van der Waals surface area (Å²) < 4.78 is 3.99. The minimum atomic E-state index is -1.07. The van der Waals surface area contributed by atoms with Crippen molar-refractivity contribution in [3.63, 3.8) is 0 Å². The molecule has 0 aromatic carbocycles. The van der Waals surface area contributed by atoms with Crippen LogP contribution in [0.5, 0.6) is 0 Å². The van der Waals surface area contributed by atoms with E-state index in [2.05, 4.69) is 4.98 Å². The highest BCUT2D eigenvalue weighted by Crippen LogP contribution is 2.51. The summed E-state index contributed by atoms with van der Waals surface area (Å²) in [5, 5.41) is 19.7. The third-order valence-electron chi connectivity index (χ3n) is 5.12. The lowest BCUT2D eigenvalue weighted by atomic mass is 9.79. The van der Waals surface area contributed by atoms with Crippen molar-refractivity contribution >= 4 is 23.6 Å². The van der Waals surface area contributed by atoms with Gasteiger partial charge in [-0.1, -0.05) is 6.92 Å². The minimum absolute atomic E-state index is 0.0820. The van der Waals surface area contributed by atoms with Gasteiger partial charge in [-0.25, -0.2) is 4.79 Å². The molecule has 4 atom stereocenters. The Morgan fingerprint density at radius 2 is 2.29 bits per heavy atom. The van der Waals surface area contributed by atoms with E-state index in [9.17, 15) is 19.8 Å². The number of fused-ring (bicyclic) bond motifs is 2. The molecule has 1 fully saturated rings. The summed E-state index contributed by atoms with van der Waals surface area (Å²) in [4.78, 5) is 30.3. The molecule has 4 rings (SSSR count). The Labute approximate surface area is 142 Å². The number of aliphatic hydroxyl groups excluding tert-OH is 1. The number of carbonyl (C=O) groups excluding carboxylic acids is 1. The molecule has 1 aromatic rings. The molecule has 4 heterocycles. The van der Waals surface area contributed by atoms with Gasteiger partial charge in [-0.3, -0.25) is 4.79 Å². The van der Waals surface area contributed by atoms with Crippen LogP contribution in [0.4, 0.5) is 0 Å². The number of β-lactam (4-membered cyclic amide) rings is 1. The number of rotatable bonds is 4. The van der Waals surface area contributed by atoms with Crippen LogP contribution in [0, 0.1) is 11.8 Å². The van der Waals surface area contributed by atoms with Gasteiger partial charge in [-0.05, 0) is 11.9 Å². The van der Waals surface area contributed by atoms with Gasteiger partial charge < -0.3 is 15.1 Å². The maximum absolute atomic E-state index is 12.3. The summed E-state index contributed by atoms with van der Waals surface area (Å²) in [5.41, 5.74) is 0.0964. The molecule has 0 aliphatic carbocycles. The van der Waals surface area contributed by atoms with Crippen LogP contribution in [0.3, 0.4) is 0 Å². The van der Waals surface area contributed by atoms with E-state index in [1.165, 1.54) is 16.7 Å². The lowest BCUT2D eigenvalue weighted by Gasteiger charge is -2.46. The second kappa shape index (κ2) is 5.32. The standard InChI is InChI=1S/C15H18N4O4S/c1-7-11-10(8(2)20)14(21)19(11)12(15(22)23)13(7)24-9-3-17-5-16-6-18(17)4-9/h5-11,20H,3-4H2,1-2H3/p+1/t7-,8+,10+,11-/m1/s1. The monoisotopic (exact) mass is 351 g/mol. The molecule has 8 nitrogen and oxygen atoms in total. The number of hydrogen-bond donors (Lipinski definition) is 2. The van der Waals surface area contributed by atoms with Gasteiger partial charge in [0.1, 0.15) is 12.2 Å². The molecule has 1 amide bonds. The van der Waals surface area contributed by atoms with Gasteiger partial charge in [-0.2, -0.15) is 9.36 Å². The number of thioether (sulfide) groups is 1. The van der Waals surface area contributed by atoms with E-state index >= 15 is 0 Å². The molecule has 0 bridgehead atoms. The van der Waals surface area contributed by atoms with Gasteiger partial charge in [0.25, 0.3) is 0 Å². The second-order valence-corrected chi connectivity index (χ2v) is 7.98. The largest absolute Gasteiger partial charge is 0.477 e. The lowest BCUT2D eigenvalue weighted by molar-refractivity contribution is -0.758. The van der Waals surface area contributed by atoms with Gasteiger partial charge in [0.05, 0.1) is 29.9 Å². The molecular weight excluding hydrogens is 332 g/mol. The molecule has 9 heteroatoms. The van der Waals surface area contributed by atoms with E-state index in [-0.39, 0.29) is 28.8 Å². The van der Waals surface area contributed by atoms with Crippen LogP contribution >= 0.6 is 11.8 Å². The summed E-state index contributed by atoms with van der Waals surface area (Å²) in [6, 6.07) is -0.249. The Balaban J connectivity index is 1.61. The first-order valence-electron chi connectivity index (χ1n) is 7.95. The van der Waals surface area contributed by atoms with Gasteiger partial charge in [0.2, 0.25) is 12.2 Å². The highest BCUT2D eigenvalue weighted by atomic mass is 32.2. The maximum atomic E-state index is 12.3. The molecule has 0 unspecified atom stereocenters. The smallest absolute Gasteiger partial charge is 0.353 e. The summed E-state index contributed by atoms with van der Waals surface area (Å²) in [5.74, 6) is -1.95. The Kier molecular flexibility index (Phi) is 3.47. The van der Waals surface area contributed by atoms with Crippen LogP contribution in [0.25, 0.3) is 0 Å². The third kappa shape index (κ3) is 2.04. The van der Waals surface area contributed by atoms with Crippen molar-refractivity contribution < 1.29 is 24.5 Å². The van der Waals surface area contributed by atoms with Crippen LogP contribution in [-0.2, 0) is 22.7 Å². The van der Waals surface area contributed by atoms with Gasteiger partial charge in [0, 0.05) is 10.8 Å². The van der Waals surface area contributed by atoms with E-state index in [1.54, 1.807) is 19.6 Å². The Morgan fingerprint density at radius 3 is 2.92 bits per heavy atom. The predicted octanol–water partition coefficient (Wildman–Crippen LogP) is -0.560. The van der Waals surface area contributed by atoms with Crippen molar-refractivity contribution in [2.75, 3.05) is 0 Å². The average Bonchev–Trinajstić information content (AvgIpc) is 3.12. The molecule has 1 saturated heterocycles. The zero-order valence-electron chi connectivity index (χ0n) is 13.4. The zero-order chi connectivity index (χ0) is 17.2. The number of aliphatic hydroxyl groups is 1. The fourth-order valence-corrected chi connectivity index (χ4v) is 5.49. The SMILES string of the molecule is C[C@H](O)[C@@H]1C(=O)N2C(C(=O)O)=C(SC3Cn4cnc[n+]4C3)[C@H](C)[C@H]12. The molecule has 0 saturated carbocycles. The molecule has 3 aliphatic heterocycles. The lowest BCUT2D eigenvalue weighted by Crippen LogP contribution is -2.63. The van der Waals surface area contributed by atoms with Crippen LogP contribution in [0.2, 0.25) is 0 Å². The van der Waals surface area contributed by atoms with Crippen molar-refractivity contribution in [3.8, 4) is 0 Å². The summed E-state index contributed by atoms with van der Waals surface area (Å²) in [6.07, 6.45) is 2.74. The molecule has 3 aliphatic rings. The predicted molar refractivity (Wildman–Crippen MR) is 83.4 cm³/mol. The molecule has 24 heavy (non-hydrogen) atoms. The number of nitrogens with zero attached hydrogens (tertiary/aromatic N) is 4. The topological polar surface area (TPSA) is 99.5 Å². The Bertz CT molecular complexity index is 738. The van der Waals surface area contributed by atoms with Crippen molar-refractivity contribution in [1.29, 1.82) is 0 Å². The van der Waals surface area contributed by atoms with Gasteiger partial charge >= 0.3 is 12.3 Å². The number of hydrogen-bond acceptors (Lipinski definition) is 5. The summed E-state index contributed by atoms with van der Waals surface area (Å²) in [7, 11) is 0. The normalized spacial score (nSPS) is 32.6. The van der Waals surface area contributed by atoms with E-state index in [0.717, 1.165) is 18.0 Å². The van der Waals surface area contributed by atoms with E-state index in [4.69, 9.17) is 0 Å². The van der Waals surface area contributed by atoms with Gasteiger partial charge in [0.15, 0.2) is 0 Å². The number of carboxylic acid groups (broad SMARTS) is 1.